The molecular weight excluding hydrogens is 450 g/mol. The summed E-state index contributed by atoms with van der Waals surface area (Å²) in [4.78, 5) is 24.9. The number of carbonyl (C=O) groups is 2. The maximum absolute atomic E-state index is 12.5. The molecule has 2 aromatic rings. The molecule has 1 saturated carbocycles. The molecule has 35 heavy (non-hydrogen) atoms. The van der Waals surface area contributed by atoms with Crippen molar-refractivity contribution in [2.75, 3.05) is 30.9 Å². The summed E-state index contributed by atoms with van der Waals surface area (Å²) in [5.74, 6) is 1.97. The van der Waals surface area contributed by atoms with Crippen molar-refractivity contribution >= 4 is 23.3 Å². The zero-order valence-electron chi connectivity index (χ0n) is 19.7. The fourth-order valence-electron chi connectivity index (χ4n) is 4.79. The molecule has 0 spiro atoms. The second-order valence-electron chi connectivity index (χ2n) is 9.42. The highest BCUT2D eigenvalue weighted by Gasteiger charge is 2.46. The van der Waals surface area contributed by atoms with Crippen LogP contribution in [0.5, 0.6) is 11.5 Å². The first-order valence-electron chi connectivity index (χ1n) is 12.1. The van der Waals surface area contributed by atoms with Crippen LogP contribution in [-0.2, 0) is 9.53 Å². The predicted octanol–water partition coefficient (Wildman–Crippen LogP) is 3.25. The molecule has 2 aromatic carbocycles. The number of benzene rings is 2. The quantitative estimate of drug-likeness (QED) is 0.460. The summed E-state index contributed by atoms with van der Waals surface area (Å²) in [6.45, 7) is 0.533. The molecule has 9 heteroatoms. The highest BCUT2D eigenvalue weighted by Crippen LogP contribution is 2.47. The molecule has 2 fully saturated rings. The average molecular weight is 482 g/mol. The van der Waals surface area contributed by atoms with Crippen LogP contribution in [0.2, 0.25) is 0 Å². The van der Waals surface area contributed by atoms with E-state index in [1.54, 1.807) is 37.4 Å². The number of anilines is 2. The third-order valence-electron chi connectivity index (χ3n) is 6.80. The number of ether oxygens (including phenoxy) is 3. The van der Waals surface area contributed by atoms with Crippen LogP contribution in [0.3, 0.4) is 0 Å². The highest BCUT2D eigenvalue weighted by molar-refractivity contribution is 5.99. The average Bonchev–Trinajstić information content (AvgIpc) is 3.62. The highest BCUT2D eigenvalue weighted by atomic mass is 16.6. The molecule has 4 atom stereocenters. The molecule has 3 amide bonds. The van der Waals surface area contributed by atoms with E-state index in [2.05, 4.69) is 16.0 Å². The minimum absolute atomic E-state index is 0.0261. The maximum atomic E-state index is 12.5. The summed E-state index contributed by atoms with van der Waals surface area (Å²) in [5.41, 5.74) is 2.22. The fraction of sp³-hybridized carbons (Fsp3) is 0.462. The number of aliphatic hydroxyl groups is 1. The van der Waals surface area contributed by atoms with Gasteiger partial charge in [0.1, 0.15) is 23.7 Å². The van der Waals surface area contributed by atoms with E-state index in [1.165, 1.54) is 12.8 Å². The number of carbonyl (C=O) groups excluding carboxylic acids is 2. The van der Waals surface area contributed by atoms with Gasteiger partial charge in [-0.2, -0.15) is 0 Å². The molecule has 4 N–H and O–H groups in total. The van der Waals surface area contributed by atoms with Gasteiger partial charge in [-0.1, -0.05) is 0 Å². The number of fused-ring (bicyclic) bond motifs is 3. The van der Waals surface area contributed by atoms with Crippen LogP contribution >= 0.6 is 0 Å². The van der Waals surface area contributed by atoms with E-state index in [0.717, 1.165) is 12.1 Å². The Balaban J connectivity index is 1.24. The van der Waals surface area contributed by atoms with E-state index < -0.39 is 6.10 Å². The number of rotatable bonds is 8. The number of urea groups is 1. The number of hydrogen-bond acceptors (Lipinski definition) is 6. The van der Waals surface area contributed by atoms with Crippen molar-refractivity contribution in [3.63, 3.8) is 0 Å². The van der Waals surface area contributed by atoms with Crippen molar-refractivity contribution in [3.05, 3.63) is 48.0 Å². The summed E-state index contributed by atoms with van der Waals surface area (Å²) in [6, 6.07) is 12.2. The number of methoxy groups -OCH3 is 1. The minimum atomic E-state index is -0.517. The van der Waals surface area contributed by atoms with Crippen LogP contribution in [0.15, 0.2) is 42.5 Å². The lowest BCUT2D eigenvalue weighted by Crippen LogP contribution is -2.47. The summed E-state index contributed by atoms with van der Waals surface area (Å²) in [7, 11) is 1.59. The summed E-state index contributed by atoms with van der Waals surface area (Å²) in [5, 5.41) is 18.6. The van der Waals surface area contributed by atoms with E-state index in [4.69, 9.17) is 14.2 Å². The summed E-state index contributed by atoms with van der Waals surface area (Å²) >= 11 is 0. The molecular formula is C26H31N3O6. The van der Waals surface area contributed by atoms with E-state index in [1.807, 2.05) is 12.1 Å². The zero-order chi connectivity index (χ0) is 24.4. The molecule has 1 aliphatic carbocycles. The second-order valence-corrected chi connectivity index (χ2v) is 9.42. The monoisotopic (exact) mass is 481 g/mol. The van der Waals surface area contributed by atoms with E-state index in [-0.39, 0.29) is 43.1 Å². The van der Waals surface area contributed by atoms with Gasteiger partial charge < -0.3 is 35.3 Å². The predicted molar refractivity (Wildman–Crippen MR) is 130 cm³/mol. The maximum Gasteiger partial charge on any atom is 0.323 e. The third kappa shape index (κ3) is 5.52. The number of amides is 3. The van der Waals surface area contributed by atoms with Gasteiger partial charge >= 0.3 is 6.03 Å². The SMILES string of the molecule is COc1ccc(NC(=O)Nc2ccc3c(c2)[C@H]2C[C@@H](CC(=O)NCC4CC4)O[C@@H](CO)[C@H]2O3)cc1. The van der Waals surface area contributed by atoms with Gasteiger partial charge in [0.2, 0.25) is 5.91 Å². The van der Waals surface area contributed by atoms with Crippen LogP contribution in [0.25, 0.3) is 0 Å². The van der Waals surface area contributed by atoms with E-state index >= 15 is 0 Å². The van der Waals surface area contributed by atoms with Crippen molar-refractivity contribution in [2.45, 2.75) is 49.9 Å². The smallest absolute Gasteiger partial charge is 0.323 e. The Bertz CT molecular complexity index is 1070. The van der Waals surface area contributed by atoms with Crippen LogP contribution in [0.4, 0.5) is 16.2 Å². The Hall–Kier alpha value is -3.30. The van der Waals surface area contributed by atoms with Gasteiger partial charge in [-0.05, 0) is 67.6 Å². The molecule has 5 rings (SSSR count). The molecule has 2 heterocycles. The topological polar surface area (TPSA) is 118 Å². The molecule has 0 bridgehead atoms. The Morgan fingerprint density at radius 3 is 2.54 bits per heavy atom. The first-order valence-corrected chi connectivity index (χ1v) is 12.1. The lowest BCUT2D eigenvalue weighted by Gasteiger charge is -2.37. The van der Waals surface area contributed by atoms with Crippen LogP contribution < -0.4 is 25.4 Å². The van der Waals surface area contributed by atoms with Crippen molar-refractivity contribution in [1.82, 2.24) is 5.32 Å². The minimum Gasteiger partial charge on any atom is -0.497 e. The van der Waals surface area contributed by atoms with Gasteiger partial charge in [-0.25, -0.2) is 4.79 Å². The lowest BCUT2D eigenvalue weighted by molar-refractivity contribution is -0.142. The zero-order valence-corrected chi connectivity index (χ0v) is 19.7. The molecule has 9 nitrogen and oxygen atoms in total. The molecule has 3 aliphatic rings. The number of nitrogens with one attached hydrogen (secondary N) is 3. The van der Waals surface area contributed by atoms with Gasteiger partial charge in [0.15, 0.2) is 0 Å². The van der Waals surface area contributed by atoms with Crippen molar-refractivity contribution < 1.29 is 28.9 Å². The van der Waals surface area contributed by atoms with Gasteiger partial charge in [-0.3, -0.25) is 4.79 Å². The fourth-order valence-corrected chi connectivity index (χ4v) is 4.79. The summed E-state index contributed by atoms with van der Waals surface area (Å²) < 4.78 is 17.3. The Labute approximate surface area is 204 Å². The van der Waals surface area contributed by atoms with Crippen molar-refractivity contribution in [3.8, 4) is 11.5 Å². The Kier molecular flexibility index (Phi) is 6.79. The lowest BCUT2D eigenvalue weighted by atomic mass is 9.84. The van der Waals surface area contributed by atoms with Gasteiger partial charge in [0.05, 0.1) is 26.2 Å². The second kappa shape index (κ2) is 10.1. The van der Waals surface area contributed by atoms with E-state index in [0.29, 0.717) is 35.2 Å². The van der Waals surface area contributed by atoms with Crippen LogP contribution in [0.1, 0.15) is 37.2 Å². The van der Waals surface area contributed by atoms with Crippen LogP contribution in [-0.4, -0.2) is 55.6 Å². The van der Waals surface area contributed by atoms with Crippen molar-refractivity contribution in [1.29, 1.82) is 0 Å². The third-order valence-corrected chi connectivity index (χ3v) is 6.80. The molecule has 0 aromatic heterocycles. The van der Waals surface area contributed by atoms with Gasteiger partial charge in [-0.15, -0.1) is 0 Å². The normalized spacial score (nSPS) is 24.5. The van der Waals surface area contributed by atoms with Gasteiger partial charge in [0.25, 0.3) is 0 Å². The first-order chi connectivity index (χ1) is 17.0. The largest absolute Gasteiger partial charge is 0.497 e. The standard InChI is InChI=1S/C26H31N3O6/c1-33-18-7-4-16(5-8-18)28-26(32)29-17-6-9-22-20(10-17)21-11-19(34-23(14-30)25(21)35-22)12-24(31)27-13-15-2-3-15/h4-10,15,19,21,23,25,30H,2-3,11-14H2,1H3,(H,27,31)(H2,28,29,32)/t19-,21+,23-,25-/m0/s1. The number of hydrogen-bond donors (Lipinski definition) is 4. The Morgan fingerprint density at radius 1 is 1.09 bits per heavy atom. The molecule has 186 valence electrons. The van der Waals surface area contributed by atoms with Crippen molar-refractivity contribution in [2.24, 2.45) is 5.92 Å². The van der Waals surface area contributed by atoms with E-state index in [9.17, 15) is 14.7 Å². The molecule has 0 unspecified atom stereocenters. The molecule has 1 saturated heterocycles. The first kappa shape index (κ1) is 23.4. The number of aliphatic hydroxyl groups excluding tert-OH is 1. The Morgan fingerprint density at radius 2 is 1.83 bits per heavy atom. The van der Waals surface area contributed by atoms with Gasteiger partial charge in [0, 0.05) is 29.4 Å². The van der Waals surface area contributed by atoms with Crippen LogP contribution in [0, 0.1) is 5.92 Å². The molecule has 0 radical (unpaired) electrons. The summed E-state index contributed by atoms with van der Waals surface area (Å²) in [6.07, 6.45) is 2.06. The molecule has 2 aliphatic heterocycles.